The lowest BCUT2D eigenvalue weighted by Gasteiger charge is -2.23. The summed E-state index contributed by atoms with van der Waals surface area (Å²) in [6.07, 6.45) is 0.462. The van der Waals surface area contributed by atoms with E-state index in [-0.39, 0.29) is 35.0 Å². The number of nitrogens with two attached hydrogens (primary N) is 1. The van der Waals surface area contributed by atoms with Crippen molar-refractivity contribution < 1.29 is 23.1 Å². The second kappa shape index (κ2) is 6.58. The van der Waals surface area contributed by atoms with Gasteiger partial charge in [0.05, 0.1) is 17.3 Å². The summed E-state index contributed by atoms with van der Waals surface area (Å²) in [6.45, 7) is 0. The molecular weight excluding hydrogens is 292 g/mol. The summed E-state index contributed by atoms with van der Waals surface area (Å²) in [4.78, 5) is 23.7. The van der Waals surface area contributed by atoms with E-state index in [9.17, 15) is 18.0 Å². The molecule has 1 fully saturated rings. The van der Waals surface area contributed by atoms with Crippen LogP contribution in [0.4, 0.5) is 0 Å². The van der Waals surface area contributed by atoms with Crippen molar-refractivity contribution in [1.29, 1.82) is 0 Å². The van der Waals surface area contributed by atoms with E-state index in [4.69, 9.17) is 10.8 Å². The Hall–Kier alpha value is -0.800. The minimum absolute atomic E-state index is 0.00848. The number of carbonyl (C=O) groups excluding carboxylic acids is 1. The lowest BCUT2D eigenvalue weighted by Crippen LogP contribution is -2.39. The van der Waals surface area contributed by atoms with Crippen LogP contribution in [0.1, 0.15) is 6.42 Å². The van der Waals surface area contributed by atoms with E-state index in [0.29, 0.717) is 6.42 Å². The zero-order valence-corrected chi connectivity index (χ0v) is 12.2. The van der Waals surface area contributed by atoms with E-state index in [0.717, 1.165) is 11.8 Å². The Morgan fingerprint density at radius 1 is 1.53 bits per heavy atom. The lowest BCUT2D eigenvalue weighted by molar-refractivity contribution is -0.138. The summed E-state index contributed by atoms with van der Waals surface area (Å²) in [6, 6.07) is -1.26. The molecule has 2 atom stereocenters. The van der Waals surface area contributed by atoms with Gasteiger partial charge in [-0.15, -0.1) is 11.8 Å². The third-order valence-electron chi connectivity index (χ3n) is 2.99. The Morgan fingerprint density at radius 3 is 2.63 bits per heavy atom. The first kappa shape index (κ1) is 16.3. The number of rotatable bonds is 6. The van der Waals surface area contributed by atoms with E-state index in [1.165, 1.54) is 4.90 Å². The van der Waals surface area contributed by atoms with Crippen molar-refractivity contribution in [2.75, 3.05) is 30.1 Å². The molecule has 0 aromatic carbocycles. The van der Waals surface area contributed by atoms with Gasteiger partial charge in [0.2, 0.25) is 5.91 Å². The average Bonchev–Trinajstić information content (AvgIpc) is 2.68. The number of carbonyl (C=O) groups is 2. The van der Waals surface area contributed by atoms with Crippen LogP contribution in [-0.2, 0) is 19.4 Å². The number of hydrogen-bond donors (Lipinski definition) is 2. The molecule has 1 aliphatic heterocycles. The van der Waals surface area contributed by atoms with E-state index >= 15 is 0 Å². The maximum absolute atomic E-state index is 11.8. The number of thioether (sulfide) groups is 1. The van der Waals surface area contributed by atoms with E-state index < -0.39 is 21.8 Å². The molecule has 19 heavy (non-hydrogen) atoms. The molecule has 0 radical (unpaired) electrons. The smallest absolute Gasteiger partial charge is 0.321 e. The molecule has 0 aromatic heterocycles. The topological polar surface area (TPSA) is 118 Å². The van der Waals surface area contributed by atoms with Gasteiger partial charge in [-0.3, -0.25) is 9.59 Å². The molecule has 1 saturated heterocycles. The van der Waals surface area contributed by atoms with Gasteiger partial charge in [0.25, 0.3) is 0 Å². The van der Waals surface area contributed by atoms with Crippen molar-refractivity contribution in [2.24, 2.45) is 5.73 Å². The summed E-state index contributed by atoms with van der Waals surface area (Å²) in [5.41, 5.74) is 5.31. The van der Waals surface area contributed by atoms with E-state index in [2.05, 4.69) is 0 Å². The molecule has 0 spiro atoms. The molecule has 0 aromatic rings. The molecule has 0 saturated carbocycles. The van der Waals surface area contributed by atoms with Crippen LogP contribution in [0, 0.1) is 0 Å². The van der Waals surface area contributed by atoms with Crippen LogP contribution in [0.3, 0.4) is 0 Å². The summed E-state index contributed by atoms with van der Waals surface area (Å²) < 4.78 is 22.6. The van der Waals surface area contributed by atoms with Gasteiger partial charge in [-0.25, -0.2) is 8.42 Å². The minimum atomic E-state index is -3.02. The second-order valence-electron chi connectivity index (χ2n) is 4.52. The van der Waals surface area contributed by atoms with Gasteiger partial charge in [-0.05, 0) is 6.42 Å². The van der Waals surface area contributed by atoms with Crippen LogP contribution in [0.15, 0.2) is 0 Å². The van der Waals surface area contributed by atoms with Crippen molar-refractivity contribution >= 4 is 33.5 Å². The van der Waals surface area contributed by atoms with Gasteiger partial charge < -0.3 is 15.7 Å². The Labute approximate surface area is 116 Å². The van der Waals surface area contributed by atoms with Crippen molar-refractivity contribution in [2.45, 2.75) is 18.5 Å². The van der Waals surface area contributed by atoms with Crippen molar-refractivity contribution in [1.82, 2.24) is 4.90 Å². The van der Waals surface area contributed by atoms with E-state index in [1.54, 1.807) is 7.05 Å². The number of sulfone groups is 1. The molecule has 7 nitrogen and oxygen atoms in total. The first-order valence-corrected chi connectivity index (χ1v) is 8.73. The Bertz CT molecular complexity index is 451. The fourth-order valence-corrected chi connectivity index (χ4v) is 4.40. The maximum Gasteiger partial charge on any atom is 0.321 e. The fraction of sp³-hybridized carbons (Fsp3) is 0.800. The Balaban J connectivity index is 2.36. The average molecular weight is 310 g/mol. The molecule has 0 aliphatic carbocycles. The highest BCUT2D eigenvalue weighted by molar-refractivity contribution is 8.00. The predicted molar refractivity (Wildman–Crippen MR) is 72.8 cm³/mol. The number of amides is 1. The number of nitrogens with zero attached hydrogens (tertiary/aromatic N) is 1. The molecule has 1 aliphatic rings. The zero-order chi connectivity index (χ0) is 14.6. The third kappa shape index (κ3) is 5.00. The van der Waals surface area contributed by atoms with Gasteiger partial charge in [-0.2, -0.15) is 0 Å². The van der Waals surface area contributed by atoms with Gasteiger partial charge >= 0.3 is 5.97 Å². The predicted octanol–water partition coefficient (Wildman–Crippen LogP) is -1.22. The number of hydrogen-bond acceptors (Lipinski definition) is 6. The SMILES string of the molecule is CN(C(=O)CSC[C@H](N)C(=O)O)C1CCS(=O)(=O)C1. The maximum atomic E-state index is 11.8. The molecule has 1 heterocycles. The summed E-state index contributed by atoms with van der Waals surface area (Å²) in [7, 11) is -1.44. The number of carboxylic acid groups (broad SMARTS) is 1. The van der Waals surface area contributed by atoms with Crippen LogP contribution >= 0.6 is 11.8 Å². The van der Waals surface area contributed by atoms with Crippen molar-refractivity contribution in [3.63, 3.8) is 0 Å². The van der Waals surface area contributed by atoms with Gasteiger partial charge in [-0.1, -0.05) is 0 Å². The fourth-order valence-electron chi connectivity index (χ4n) is 1.73. The standard InChI is InChI=1S/C10H18N2O5S2/c1-12(7-2-3-19(16,17)6-7)9(13)5-18-4-8(11)10(14)15/h7-8H,2-6,11H2,1H3,(H,14,15)/t7?,8-/m0/s1. The van der Waals surface area contributed by atoms with Crippen molar-refractivity contribution in [3.05, 3.63) is 0 Å². The monoisotopic (exact) mass is 310 g/mol. The van der Waals surface area contributed by atoms with Crippen LogP contribution in [0.5, 0.6) is 0 Å². The van der Waals surface area contributed by atoms with E-state index in [1.807, 2.05) is 0 Å². The molecule has 110 valence electrons. The Kier molecular flexibility index (Phi) is 5.63. The molecule has 0 bridgehead atoms. The van der Waals surface area contributed by atoms with Crippen LogP contribution in [-0.4, -0.2) is 72.4 Å². The highest BCUT2D eigenvalue weighted by Crippen LogP contribution is 2.17. The largest absolute Gasteiger partial charge is 0.480 e. The molecule has 9 heteroatoms. The molecular formula is C10H18N2O5S2. The quantitative estimate of drug-likeness (QED) is 0.631. The van der Waals surface area contributed by atoms with Gasteiger partial charge in [0, 0.05) is 18.8 Å². The van der Waals surface area contributed by atoms with Crippen LogP contribution < -0.4 is 5.73 Å². The summed E-state index contributed by atoms with van der Waals surface area (Å²) in [5, 5.41) is 8.59. The number of carboxylic acids is 1. The first-order chi connectivity index (χ1) is 8.73. The summed E-state index contributed by atoms with van der Waals surface area (Å²) >= 11 is 1.14. The lowest BCUT2D eigenvalue weighted by atomic mass is 10.2. The van der Waals surface area contributed by atoms with Crippen molar-refractivity contribution in [3.8, 4) is 0 Å². The normalized spacial score (nSPS) is 22.9. The van der Waals surface area contributed by atoms with Crippen LogP contribution in [0.2, 0.25) is 0 Å². The number of aliphatic carboxylic acids is 1. The van der Waals surface area contributed by atoms with Gasteiger partial charge in [0.15, 0.2) is 9.84 Å². The third-order valence-corrected chi connectivity index (χ3v) is 5.79. The molecule has 3 N–H and O–H groups in total. The highest BCUT2D eigenvalue weighted by atomic mass is 32.2. The molecule has 1 amide bonds. The molecule has 1 unspecified atom stereocenters. The van der Waals surface area contributed by atoms with Crippen LogP contribution in [0.25, 0.3) is 0 Å². The second-order valence-corrected chi connectivity index (χ2v) is 7.78. The molecule has 1 rings (SSSR count). The minimum Gasteiger partial charge on any atom is -0.480 e. The first-order valence-electron chi connectivity index (χ1n) is 5.75. The summed E-state index contributed by atoms with van der Waals surface area (Å²) in [5.74, 6) is -0.924. The highest BCUT2D eigenvalue weighted by Gasteiger charge is 2.32. The Morgan fingerprint density at radius 2 is 2.16 bits per heavy atom. The van der Waals surface area contributed by atoms with Gasteiger partial charge in [0.1, 0.15) is 6.04 Å². The zero-order valence-electron chi connectivity index (χ0n) is 10.6.